The summed E-state index contributed by atoms with van der Waals surface area (Å²) >= 11 is 0. The minimum Gasteiger partial charge on any atom is -0.481 e. The van der Waals surface area contributed by atoms with Crippen LogP contribution in [0, 0.1) is 23.1 Å². The van der Waals surface area contributed by atoms with E-state index in [0.717, 1.165) is 12.8 Å². The number of halogens is 1. The number of carbonyl (C=O) groups is 1. The Bertz CT molecular complexity index is 525. The highest BCUT2D eigenvalue weighted by molar-refractivity contribution is 5.70. The normalized spacial score (nSPS) is 22.5. The Balaban J connectivity index is 2.05. The number of carboxylic acids is 1. The van der Waals surface area contributed by atoms with Crippen molar-refractivity contribution in [3.8, 4) is 6.07 Å². The van der Waals surface area contributed by atoms with Gasteiger partial charge in [0.1, 0.15) is 11.9 Å². The summed E-state index contributed by atoms with van der Waals surface area (Å²) in [5.74, 6) is -1.62. The Morgan fingerprint density at radius 2 is 2.26 bits per heavy atom. The molecule has 1 aliphatic rings. The summed E-state index contributed by atoms with van der Waals surface area (Å²) in [5.41, 5.74) is 0.657. The van der Waals surface area contributed by atoms with Gasteiger partial charge in [-0.05, 0) is 37.5 Å². The number of anilines is 1. The van der Waals surface area contributed by atoms with Crippen molar-refractivity contribution < 1.29 is 14.3 Å². The Labute approximate surface area is 110 Å². The number of nitrogens with one attached hydrogen (secondary N) is 1. The minimum absolute atomic E-state index is 0.00408. The molecule has 0 bridgehead atoms. The molecular weight excluding hydrogens is 247 g/mol. The number of aliphatic carboxylic acids is 1. The van der Waals surface area contributed by atoms with Crippen LogP contribution in [0.5, 0.6) is 0 Å². The molecule has 1 fully saturated rings. The fourth-order valence-electron chi connectivity index (χ4n) is 2.48. The van der Waals surface area contributed by atoms with Crippen molar-refractivity contribution in [2.24, 2.45) is 5.92 Å². The van der Waals surface area contributed by atoms with Gasteiger partial charge < -0.3 is 10.4 Å². The van der Waals surface area contributed by atoms with E-state index in [0.29, 0.717) is 18.5 Å². The molecule has 0 aliphatic heterocycles. The van der Waals surface area contributed by atoms with Crippen LogP contribution in [0.2, 0.25) is 0 Å². The molecule has 5 heteroatoms. The number of rotatable bonds is 3. The van der Waals surface area contributed by atoms with Gasteiger partial charge in [0.25, 0.3) is 0 Å². The number of hydrogen-bond acceptors (Lipinski definition) is 3. The molecule has 1 aromatic carbocycles. The van der Waals surface area contributed by atoms with Gasteiger partial charge in [-0.15, -0.1) is 0 Å². The Hall–Kier alpha value is -2.09. The molecule has 1 saturated carbocycles. The van der Waals surface area contributed by atoms with Crippen molar-refractivity contribution in [3.05, 3.63) is 29.6 Å². The van der Waals surface area contributed by atoms with E-state index in [4.69, 9.17) is 10.4 Å². The van der Waals surface area contributed by atoms with Crippen LogP contribution in [0.25, 0.3) is 0 Å². The predicted octanol–water partition coefficient (Wildman–Crippen LogP) is 2.75. The molecule has 0 heterocycles. The largest absolute Gasteiger partial charge is 0.481 e. The van der Waals surface area contributed by atoms with E-state index in [1.165, 1.54) is 12.1 Å². The van der Waals surface area contributed by atoms with Crippen molar-refractivity contribution in [3.63, 3.8) is 0 Å². The summed E-state index contributed by atoms with van der Waals surface area (Å²) in [7, 11) is 0. The zero-order valence-corrected chi connectivity index (χ0v) is 10.4. The third kappa shape index (κ3) is 3.22. The van der Waals surface area contributed by atoms with Crippen LogP contribution in [0.1, 0.15) is 31.2 Å². The number of benzene rings is 1. The lowest BCUT2D eigenvalue weighted by Gasteiger charge is -2.28. The monoisotopic (exact) mass is 262 g/mol. The maximum atomic E-state index is 13.2. The van der Waals surface area contributed by atoms with Crippen LogP contribution in [0.15, 0.2) is 18.2 Å². The second-order valence-electron chi connectivity index (χ2n) is 4.85. The highest BCUT2D eigenvalue weighted by Gasteiger charge is 2.26. The van der Waals surface area contributed by atoms with E-state index in [-0.39, 0.29) is 17.5 Å². The molecule has 2 rings (SSSR count). The van der Waals surface area contributed by atoms with Gasteiger partial charge in [0.15, 0.2) is 0 Å². The molecule has 1 aliphatic carbocycles. The van der Waals surface area contributed by atoms with E-state index in [1.54, 1.807) is 12.1 Å². The third-order valence-corrected chi connectivity index (χ3v) is 3.48. The van der Waals surface area contributed by atoms with Gasteiger partial charge in [-0.25, -0.2) is 4.39 Å². The van der Waals surface area contributed by atoms with Gasteiger partial charge in [-0.1, -0.05) is 6.42 Å². The number of nitriles is 1. The maximum Gasteiger partial charge on any atom is 0.306 e. The Morgan fingerprint density at radius 1 is 1.47 bits per heavy atom. The minimum atomic E-state index is -0.761. The van der Waals surface area contributed by atoms with Gasteiger partial charge in [0, 0.05) is 11.7 Å². The number of carboxylic acid groups (broad SMARTS) is 1. The number of hydrogen-bond donors (Lipinski definition) is 2. The first-order valence-corrected chi connectivity index (χ1v) is 6.29. The fraction of sp³-hybridized carbons (Fsp3) is 0.429. The zero-order valence-electron chi connectivity index (χ0n) is 10.4. The maximum absolute atomic E-state index is 13.2. The van der Waals surface area contributed by atoms with Gasteiger partial charge in [0.2, 0.25) is 0 Å². The smallest absolute Gasteiger partial charge is 0.306 e. The molecular formula is C14H15FN2O2. The van der Waals surface area contributed by atoms with Crippen LogP contribution in [-0.2, 0) is 4.79 Å². The van der Waals surface area contributed by atoms with Crippen molar-refractivity contribution in [2.75, 3.05) is 5.32 Å². The highest BCUT2D eigenvalue weighted by atomic mass is 19.1. The summed E-state index contributed by atoms with van der Waals surface area (Å²) in [6.07, 6.45) is 3.03. The molecule has 2 N–H and O–H groups in total. The Kier molecular flexibility index (Phi) is 4.00. The van der Waals surface area contributed by atoms with Crippen LogP contribution in [-0.4, -0.2) is 17.1 Å². The molecule has 100 valence electrons. The molecule has 4 nitrogen and oxygen atoms in total. The van der Waals surface area contributed by atoms with E-state index in [1.807, 2.05) is 0 Å². The summed E-state index contributed by atoms with van der Waals surface area (Å²) in [4.78, 5) is 11.0. The van der Waals surface area contributed by atoms with Crippen molar-refractivity contribution >= 4 is 11.7 Å². The average Bonchev–Trinajstić information content (AvgIpc) is 2.41. The van der Waals surface area contributed by atoms with Gasteiger partial charge in [-0.2, -0.15) is 5.26 Å². The first-order valence-electron chi connectivity index (χ1n) is 6.29. The second kappa shape index (κ2) is 5.70. The fourth-order valence-corrected chi connectivity index (χ4v) is 2.48. The summed E-state index contributed by atoms with van der Waals surface area (Å²) in [6, 6.07) is 6.13. The predicted molar refractivity (Wildman–Crippen MR) is 68.1 cm³/mol. The van der Waals surface area contributed by atoms with Crippen LogP contribution in [0.4, 0.5) is 10.1 Å². The Morgan fingerprint density at radius 3 is 2.95 bits per heavy atom. The molecule has 0 aromatic heterocycles. The van der Waals surface area contributed by atoms with E-state index >= 15 is 0 Å². The lowest BCUT2D eigenvalue weighted by Crippen LogP contribution is -2.30. The standard InChI is InChI=1S/C14H15FN2O2/c15-13-5-4-12(7-10(13)8-16)17-11-3-1-2-9(6-11)14(18)19/h4-5,7,9,11,17H,1-3,6H2,(H,18,19). The van der Waals surface area contributed by atoms with Crippen molar-refractivity contribution in [2.45, 2.75) is 31.7 Å². The molecule has 0 amide bonds. The second-order valence-corrected chi connectivity index (χ2v) is 4.85. The zero-order chi connectivity index (χ0) is 13.8. The summed E-state index contributed by atoms with van der Waals surface area (Å²) in [5, 5.41) is 21.0. The van der Waals surface area contributed by atoms with E-state index in [9.17, 15) is 9.18 Å². The van der Waals surface area contributed by atoms with E-state index < -0.39 is 11.8 Å². The highest BCUT2D eigenvalue weighted by Crippen LogP contribution is 2.27. The van der Waals surface area contributed by atoms with E-state index in [2.05, 4.69) is 5.32 Å². The lowest BCUT2D eigenvalue weighted by molar-refractivity contribution is -0.142. The topological polar surface area (TPSA) is 73.1 Å². The number of nitrogens with zero attached hydrogens (tertiary/aromatic N) is 1. The van der Waals surface area contributed by atoms with Crippen molar-refractivity contribution in [1.82, 2.24) is 0 Å². The molecule has 2 unspecified atom stereocenters. The molecule has 0 saturated heterocycles. The first kappa shape index (κ1) is 13.3. The van der Waals surface area contributed by atoms with Gasteiger partial charge in [0.05, 0.1) is 11.5 Å². The average molecular weight is 262 g/mol. The van der Waals surface area contributed by atoms with Crippen LogP contribution < -0.4 is 5.32 Å². The van der Waals surface area contributed by atoms with Crippen LogP contribution in [0.3, 0.4) is 0 Å². The molecule has 2 atom stereocenters. The summed E-state index contributed by atoms with van der Waals surface area (Å²) in [6.45, 7) is 0. The van der Waals surface area contributed by atoms with Crippen molar-refractivity contribution in [1.29, 1.82) is 5.26 Å². The first-order chi connectivity index (χ1) is 9.10. The molecule has 0 radical (unpaired) electrons. The van der Waals surface area contributed by atoms with Gasteiger partial charge in [-0.3, -0.25) is 4.79 Å². The third-order valence-electron chi connectivity index (χ3n) is 3.48. The lowest BCUT2D eigenvalue weighted by atomic mass is 9.85. The molecule has 0 spiro atoms. The molecule has 1 aromatic rings. The quantitative estimate of drug-likeness (QED) is 0.878. The van der Waals surface area contributed by atoms with Gasteiger partial charge >= 0.3 is 5.97 Å². The molecule has 19 heavy (non-hydrogen) atoms. The SMILES string of the molecule is N#Cc1cc(NC2CCCC(C(=O)O)C2)ccc1F. The van der Waals surface area contributed by atoms with Crippen LogP contribution >= 0.6 is 0 Å². The summed E-state index contributed by atoms with van der Waals surface area (Å²) < 4.78 is 13.2.